The molecule has 0 unspecified atom stereocenters. The van der Waals surface area contributed by atoms with E-state index in [2.05, 4.69) is 20.6 Å². The van der Waals surface area contributed by atoms with Crippen molar-refractivity contribution < 1.29 is 18.0 Å². The number of sulfonamides is 1. The molecular formula is C20H20N4O4S. The Kier molecular flexibility index (Phi) is 6.10. The van der Waals surface area contributed by atoms with E-state index in [0.717, 1.165) is 5.56 Å². The van der Waals surface area contributed by atoms with Crippen LogP contribution in [0.15, 0.2) is 71.8 Å². The van der Waals surface area contributed by atoms with Crippen LogP contribution in [-0.4, -0.2) is 25.2 Å². The summed E-state index contributed by atoms with van der Waals surface area (Å²) in [4.78, 5) is 26.9. The first-order valence-electron chi connectivity index (χ1n) is 8.75. The van der Waals surface area contributed by atoms with Gasteiger partial charge >= 0.3 is 0 Å². The normalized spacial score (nSPS) is 11.1. The van der Waals surface area contributed by atoms with E-state index in [-0.39, 0.29) is 22.7 Å². The number of aryl methyl sites for hydroxylation is 1. The van der Waals surface area contributed by atoms with Crippen LogP contribution in [0.1, 0.15) is 32.0 Å². The number of carbonyl (C=O) groups is 2. The third-order valence-corrected chi connectivity index (χ3v) is 5.72. The number of hydrazine groups is 1. The van der Waals surface area contributed by atoms with E-state index in [4.69, 9.17) is 0 Å². The van der Waals surface area contributed by atoms with Crippen LogP contribution in [-0.2, 0) is 16.6 Å². The van der Waals surface area contributed by atoms with Gasteiger partial charge in [0.05, 0.1) is 4.90 Å². The molecule has 1 heterocycles. The summed E-state index contributed by atoms with van der Waals surface area (Å²) in [5.74, 6) is -1.16. The highest BCUT2D eigenvalue weighted by molar-refractivity contribution is 7.89. The second-order valence-corrected chi connectivity index (χ2v) is 8.02. The average Bonchev–Trinajstić information content (AvgIpc) is 3.26. The average molecular weight is 412 g/mol. The molecule has 0 aliphatic rings. The van der Waals surface area contributed by atoms with Gasteiger partial charge in [-0.3, -0.25) is 20.4 Å². The topological polar surface area (TPSA) is 120 Å². The summed E-state index contributed by atoms with van der Waals surface area (Å²) in [6, 6.07) is 16.6. The summed E-state index contributed by atoms with van der Waals surface area (Å²) in [5.41, 5.74) is 6.23. The molecule has 2 aromatic carbocycles. The number of nitrogens with one attached hydrogen (secondary N) is 4. The van der Waals surface area contributed by atoms with Gasteiger partial charge in [0.15, 0.2) is 0 Å². The highest BCUT2D eigenvalue weighted by Gasteiger charge is 2.19. The van der Waals surface area contributed by atoms with Crippen LogP contribution < -0.4 is 15.6 Å². The number of rotatable bonds is 6. The summed E-state index contributed by atoms with van der Waals surface area (Å²) in [5, 5.41) is 0. The highest BCUT2D eigenvalue weighted by Crippen LogP contribution is 2.17. The van der Waals surface area contributed by atoms with Gasteiger partial charge in [-0.25, -0.2) is 13.1 Å². The smallest absolute Gasteiger partial charge is 0.286 e. The molecule has 29 heavy (non-hydrogen) atoms. The van der Waals surface area contributed by atoms with Crippen molar-refractivity contribution in [2.24, 2.45) is 0 Å². The van der Waals surface area contributed by atoms with Gasteiger partial charge < -0.3 is 4.98 Å². The second-order valence-electron chi connectivity index (χ2n) is 6.28. The molecule has 3 aromatic rings. The quantitative estimate of drug-likeness (QED) is 0.462. The van der Waals surface area contributed by atoms with Gasteiger partial charge in [-0.1, -0.05) is 36.4 Å². The molecule has 4 N–H and O–H groups in total. The zero-order valence-corrected chi connectivity index (χ0v) is 16.4. The molecule has 3 rings (SSSR count). The van der Waals surface area contributed by atoms with Gasteiger partial charge in [-0.15, -0.1) is 0 Å². The fourth-order valence-electron chi connectivity index (χ4n) is 2.61. The van der Waals surface area contributed by atoms with E-state index in [1.54, 1.807) is 31.3 Å². The molecule has 9 heteroatoms. The summed E-state index contributed by atoms with van der Waals surface area (Å²) < 4.78 is 27.9. The zero-order valence-electron chi connectivity index (χ0n) is 15.6. The number of amides is 2. The van der Waals surface area contributed by atoms with Crippen molar-refractivity contribution in [2.45, 2.75) is 18.4 Å². The number of benzene rings is 2. The van der Waals surface area contributed by atoms with Crippen LogP contribution in [0.4, 0.5) is 0 Å². The third-order valence-electron chi connectivity index (χ3n) is 4.18. The first-order chi connectivity index (χ1) is 13.9. The number of carbonyl (C=O) groups excluding carboxylic acids is 2. The first-order valence-corrected chi connectivity index (χ1v) is 10.2. The van der Waals surface area contributed by atoms with Crippen molar-refractivity contribution in [1.82, 2.24) is 20.6 Å². The molecule has 0 bridgehead atoms. The third kappa shape index (κ3) is 5.09. The Labute approximate surface area is 168 Å². The fraction of sp³-hybridized carbons (Fsp3) is 0.100. The van der Waals surface area contributed by atoms with E-state index < -0.39 is 21.8 Å². The molecular weight excluding hydrogens is 392 g/mol. The fourth-order valence-corrected chi connectivity index (χ4v) is 3.89. The van der Waals surface area contributed by atoms with Gasteiger partial charge in [0.2, 0.25) is 10.0 Å². The monoisotopic (exact) mass is 412 g/mol. The lowest BCUT2D eigenvalue weighted by Gasteiger charge is -2.12. The van der Waals surface area contributed by atoms with Crippen LogP contribution >= 0.6 is 0 Å². The molecule has 0 atom stereocenters. The van der Waals surface area contributed by atoms with Gasteiger partial charge in [0.1, 0.15) is 5.69 Å². The largest absolute Gasteiger partial charge is 0.357 e. The van der Waals surface area contributed by atoms with Gasteiger partial charge in [-0.05, 0) is 42.3 Å². The SMILES string of the molecule is Cc1ccc(C(=O)NNC(=O)c2ccc[nH]2)cc1S(=O)(=O)NCc1ccccc1. The van der Waals surface area contributed by atoms with E-state index in [9.17, 15) is 18.0 Å². The van der Waals surface area contributed by atoms with Crippen molar-refractivity contribution in [1.29, 1.82) is 0 Å². The van der Waals surface area contributed by atoms with Gasteiger partial charge in [0, 0.05) is 18.3 Å². The number of aromatic nitrogens is 1. The molecule has 0 aliphatic carbocycles. The van der Waals surface area contributed by atoms with Gasteiger partial charge in [0.25, 0.3) is 11.8 Å². The summed E-state index contributed by atoms with van der Waals surface area (Å²) >= 11 is 0. The minimum atomic E-state index is -3.83. The molecule has 0 saturated carbocycles. The van der Waals surface area contributed by atoms with Crippen LogP contribution in [0.25, 0.3) is 0 Å². The zero-order chi connectivity index (χ0) is 20.9. The first kappa shape index (κ1) is 20.3. The molecule has 150 valence electrons. The Bertz CT molecular complexity index is 1110. The maximum absolute atomic E-state index is 12.7. The Morgan fingerprint density at radius 1 is 0.931 bits per heavy atom. The number of hydrogen-bond acceptors (Lipinski definition) is 4. The number of H-pyrrole nitrogens is 1. The Balaban J connectivity index is 1.71. The van der Waals surface area contributed by atoms with Crippen molar-refractivity contribution >= 4 is 21.8 Å². The summed E-state index contributed by atoms with van der Waals surface area (Å²) in [6.07, 6.45) is 1.58. The predicted octanol–water partition coefficient (Wildman–Crippen LogP) is 1.88. The van der Waals surface area contributed by atoms with E-state index in [0.29, 0.717) is 5.56 Å². The predicted molar refractivity (Wildman–Crippen MR) is 107 cm³/mol. The maximum Gasteiger partial charge on any atom is 0.286 e. The van der Waals surface area contributed by atoms with Crippen LogP contribution in [0.2, 0.25) is 0 Å². The summed E-state index contributed by atoms with van der Waals surface area (Å²) in [6.45, 7) is 1.77. The molecule has 0 spiro atoms. The molecule has 0 radical (unpaired) electrons. The minimum Gasteiger partial charge on any atom is -0.357 e. The molecule has 0 saturated heterocycles. The lowest BCUT2D eigenvalue weighted by molar-refractivity contribution is 0.0844. The van der Waals surface area contributed by atoms with Gasteiger partial charge in [-0.2, -0.15) is 0 Å². The summed E-state index contributed by atoms with van der Waals surface area (Å²) in [7, 11) is -3.83. The van der Waals surface area contributed by atoms with Crippen molar-refractivity contribution in [2.75, 3.05) is 0 Å². The van der Waals surface area contributed by atoms with Crippen LogP contribution in [0.5, 0.6) is 0 Å². The Hall–Kier alpha value is -3.43. The van der Waals surface area contributed by atoms with Crippen molar-refractivity contribution in [3.63, 3.8) is 0 Å². The maximum atomic E-state index is 12.7. The lowest BCUT2D eigenvalue weighted by atomic mass is 10.1. The highest BCUT2D eigenvalue weighted by atomic mass is 32.2. The van der Waals surface area contributed by atoms with E-state index in [1.165, 1.54) is 12.1 Å². The molecule has 8 nitrogen and oxygen atoms in total. The van der Waals surface area contributed by atoms with Crippen LogP contribution in [0.3, 0.4) is 0 Å². The van der Waals surface area contributed by atoms with Crippen molar-refractivity contribution in [3.8, 4) is 0 Å². The minimum absolute atomic E-state index is 0.00299. The molecule has 0 aliphatic heterocycles. The Morgan fingerprint density at radius 3 is 2.34 bits per heavy atom. The number of aromatic amines is 1. The van der Waals surface area contributed by atoms with E-state index in [1.807, 2.05) is 30.3 Å². The lowest BCUT2D eigenvalue weighted by Crippen LogP contribution is -2.41. The molecule has 0 fully saturated rings. The Morgan fingerprint density at radius 2 is 1.66 bits per heavy atom. The van der Waals surface area contributed by atoms with E-state index >= 15 is 0 Å². The molecule has 2 amide bonds. The standard InChI is InChI=1S/C20H20N4O4S/c1-14-9-10-16(19(25)23-24-20(26)17-8-5-11-21-17)12-18(14)29(27,28)22-13-15-6-3-2-4-7-15/h2-12,21-22H,13H2,1H3,(H,23,25)(H,24,26). The molecule has 1 aromatic heterocycles. The second kappa shape index (κ2) is 8.72. The number of hydrogen-bond donors (Lipinski definition) is 4. The van der Waals surface area contributed by atoms with Crippen molar-refractivity contribution in [3.05, 3.63) is 89.2 Å². The van der Waals surface area contributed by atoms with Crippen LogP contribution in [0, 0.1) is 6.92 Å².